The van der Waals surface area contributed by atoms with Gasteiger partial charge in [-0.3, -0.25) is 14.4 Å². The van der Waals surface area contributed by atoms with Crippen molar-refractivity contribution in [1.29, 1.82) is 0 Å². The van der Waals surface area contributed by atoms with Gasteiger partial charge in [0.25, 0.3) is 5.91 Å². The van der Waals surface area contributed by atoms with Crippen molar-refractivity contribution in [2.45, 2.75) is 13.2 Å². The zero-order valence-electron chi connectivity index (χ0n) is 15.1. The number of halogens is 2. The monoisotopic (exact) mass is 398 g/mol. The number of ether oxygens (including phenoxy) is 1. The lowest BCUT2D eigenvalue weighted by Crippen LogP contribution is -2.30. The lowest BCUT2D eigenvalue weighted by atomic mass is 10.2. The Hall–Kier alpha value is -3.81. The van der Waals surface area contributed by atoms with Crippen molar-refractivity contribution in [1.82, 2.24) is 10.3 Å². The van der Waals surface area contributed by atoms with Crippen molar-refractivity contribution in [3.8, 4) is 5.75 Å². The Bertz CT molecular complexity index is 1100. The number of aromatic nitrogens is 1. The number of carbonyl (C=O) groups is 2. The van der Waals surface area contributed by atoms with Gasteiger partial charge in [-0.1, -0.05) is 36.4 Å². The number of pyridine rings is 1. The molecule has 0 atom stereocenters. The van der Waals surface area contributed by atoms with Crippen LogP contribution in [-0.4, -0.2) is 17.2 Å². The zero-order valence-corrected chi connectivity index (χ0v) is 15.1. The molecule has 0 unspecified atom stereocenters. The van der Waals surface area contributed by atoms with E-state index in [0.29, 0.717) is 12.4 Å². The summed E-state index contributed by atoms with van der Waals surface area (Å²) in [5.74, 6) is -2.64. The molecule has 0 saturated carbocycles. The molecule has 8 heteroatoms. The first kappa shape index (κ1) is 19.9. The van der Waals surface area contributed by atoms with Crippen LogP contribution in [0.25, 0.3) is 0 Å². The summed E-state index contributed by atoms with van der Waals surface area (Å²) in [5, 5.41) is 2.39. The number of H-pyrrole nitrogens is 1. The van der Waals surface area contributed by atoms with E-state index in [0.717, 1.165) is 17.8 Å². The van der Waals surface area contributed by atoms with Crippen molar-refractivity contribution in [3.05, 3.63) is 99.0 Å². The molecule has 6 nitrogen and oxygen atoms in total. The van der Waals surface area contributed by atoms with Gasteiger partial charge in [-0.05, 0) is 11.6 Å². The molecule has 1 amide bonds. The van der Waals surface area contributed by atoms with E-state index < -0.39 is 23.0 Å². The Morgan fingerprint density at radius 3 is 2.59 bits per heavy atom. The fraction of sp³-hybridized carbons (Fsp3) is 0.0952. The average Bonchev–Trinajstić information content (AvgIpc) is 2.72. The number of benzene rings is 2. The summed E-state index contributed by atoms with van der Waals surface area (Å²) in [6, 6.07) is 11.9. The van der Waals surface area contributed by atoms with Gasteiger partial charge >= 0.3 is 0 Å². The lowest BCUT2D eigenvalue weighted by Gasteiger charge is -2.10. The number of aromatic amines is 1. The molecule has 2 N–H and O–H groups in total. The Labute approximate surface area is 164 Å². The van der Waals surface area contributed by atoms with E-state index in [9.17, 15) is 23.2 Å². The minimum atomic E-state index is -0.817. The smallest absolute Gasteiger partial charge is 0.257 e. The van der Waals surface area contributed by atoms with Crippen LogP contribution in [0.15, 0.2) is 59.5 Å². The van der Waals surface area contributed by atoms with Crippen LogP contribution in [0.5, 0.6) is 5.75 Å². The molecule has 148 valence electrons. The van der Waals surface area contributed by atoms with Crippen molar-refractivity contribution in [2.75, 3.05) is 0 Å². The van der Waals surface area contributed by atoms with E-state index in [2.05, 4.69) is 10.3 Å². The maximum atomic E-state index is 13.7. The third-order valence-corrected chi connectivity index (χ3v) is 4.11. The maximum Gasteiger partial charge on any atom is 0.257 e. The van der Waals surface area contributed by atoms with Gasteiger partial charge in [-0.2, -0.15) is 0 Å². The summed E-state index contributed by atoms with van der Waals surface area (Å²) < 4.78 is 32.1. The number of nitrogens with one attached hydrogen (secondary N) is 2. The highest BCUT2D eigenvalue weighted by Gasteiger charge is 2.18. The predicted octanol–water partition coefficient (Wildman–Crippen LogP) is 2.97. The van der Waals surface area contributed by atoms with Gasteiger partial charge in [0.05, 0.1) is 0 Å². The molecular weight excluding hydrogens is 382 g/mol. The Kier molecular flexibility index (Phi) is 6.13. The highest BCUT2D eigenvalue weighted by atomic mass is 19.1. The number of hydrogen-bond acceptors (Lipinski definition) is 4. The Morgan fingerprint density at radius 1 is 1.14 bits per heavy atom. The van der Waals surface area contributed by atoms with Gasteiger partial charge in [0.1, 0.15) is 29.5 Å². The molecule has 0 aliphatic carbocycles. The van der Waals surface area contributed by atoms with Gasteiger partial charge in [0, 0.05) is 24.4 Å². The van der Waals surface area contributed by atoms with Gasteiger partial charge in [-0.15, -0.1) is 0 Å². The Balaban J connectivity index is 1.79. The van der Waals surface area contributed by atoms with Crippen LogP contribution in [0.4, 0.5) is 8.78 Å². The first-order valence-corrected chi connectivity index (χ1v) is 8.59. The van der Waals surface area contributed by atoms with Gasteiger partial charge < -0.3 is 15.0 Å². The number of aldehydes is 1. The predicted molar refractivity (Wildman–Crippen MR) is 101 cm³/mol. The van der Waals surface area contributed by atoms with Crippen molar-refractivity contribution < 1.29 is 23.1 Å². The fourth-order valence-electron chi connectivity index (χ4n) is 2.59. The molecule has 1 aromatic heterocycles. The van der Waals surface area contributed by atoms with E-state index in [1.165, 1.54) is 6.07 Å². The second-order valence-corrected chi connectivity index (χ2v) is 6.08. The summed E-state index contributed by atoms with van der Waals surface area (Å²) in [7, 11) is 0. The van der Waals surface area contributed by atoms with Crippen molar-refractivity contribution in [3.63, 3.8) is 0 Å². The topological polar surface area (TPSA) is 88.3 Å². The molecular formula is C21H16F2N2O4. The van der Waals surface area contributed by atoms with E-state index in [1.807, 2.05) is 6.07 Å². The quantitative estimate of drug-likeness (QED) is 0.599. The third kappa shape index (κ3) is 4.73. The average molecular weight is 398 g/mol. The first-order chi connectivity index (χ1) is 14.0. The molecule has 0 aliphatic rings. The first-order valence-electron chi connectivity index (χ1n) is 8.59. The summed E-state index contributed by atoms with van der Waals surface area (Å²) in [5.41, 5.74) is -0.362. The van der Waals surface area contributed by atoms with Crippen LogP contribution in [-0.2, 0) is 13.2 Å². The molecule has 2 aromatic carbocycles. The van der Waals surface area contributed by atoms with Crippen LogP contribution in [0.3, 0.4) is 0 Å². The molecule has 0 aliphatic heterocycles. The highest BCUT2D eigenvalue weighted by Crippen LogP contribution is 2.13. The summed E-state index contributed by atoms with van der Waals surface area (Å²) in [6.07, 6.45) is 1.50. The summed E-state index contributed by atoms with van der Waals surface area (Å²) in [4.78, 5) is 38.8. The molecule has 29 heavy (non-hydrogen) atoms. The molecule has 1 heterocycles. The summed E-state index contributed by atoms with van der Waals surface area (Å²) in [6.45, 7) is -0.226. The van der Waals surface area contributed by atoms with Crippen molar-refractivity contribution in [2.24, 2.45) is 0 Å². The Morgan fingerprint density at radius 2 is 1.90 bits per heavy atom. The van der Waals surface area contributed by atoms with Gasteiger partial charge in [-0.25, -0.2) is 8.78 Å². The second-order valence-electron chi connectivity index (χ2n) is 6.08. The minimum Gasteiger partial charge on any atom is -0.483 e. The zero-order chi connectivity index (χ0) is 20.8. The van der Waals surface area contributed by atoms with E-state index in [1.54, 1.807) is 24.3 Å². The largest absolute Gasteiger partial charge is 0.483 e. The third-order valence-electron chi connectivity index (χ3n) is 4.11. The van der Waals surface area contributed by atoms with E-state index >= 15 is 0 Å². The number of hydrogen-bond donors (Lipinski definition) is 2. The standard InChI is InChI=1S/C21H16F2N2O4/c22-15-7-6-14(17(23)8-15)9-25-21(28)16-10-24-18(11-26)20(19(16)27)29-12-13-4-2-1-3-5-13/h1-8,10-11H,9,12H2,(H,24,27)(H,25,28). The fourth-order valence-corrected chi connectivity index (χ4v) is 2.59. The van der Waals surface area contributed by atoms with Crippen LogP contribution in [0.1, 0.15) is 32.0 Å². The molecule has 0 radical (unpaired) electrons. The molecule has 3 aromatic rings. The van der Waals surface area contributed by atoms with E-state index in [4.69, 9.17) is 4.74 Å². The number of amides is 1. The van der Waals surface area contributed by atoms with Crippen LogP contribution >= 0.6 is 0 Å². The molecule has 0 saturated heterocycles. The lowest BCUT2D eigenvalue weighted by molar-refractivity contribution is 0.0947. The molecule has 3 rings (SSSR count). The normalized spacial score (nSPS) is 10.4. The highest BCUT2D eigenvalue weighted by molar-refractivity contribution is 5.94. The van der Waals surface area contributed by atoms with Gasteiger partial charge in [0.2, 0.25) is 5.43 Å². The molecule has 0 spiro atoms. The summed E-state index contributed by atoms with van der Waals surface area (Å²) >= 11 is 0. The minimum absolute atomic E-state index is 0.0244. The van der Waals surface area contributed by atoms with Crippen molar-refractivity contribution >= 4 is 12.2 Å². The van der Waals surface area contributed by atoms with Crippen LogP contribution in [0.2, 0.25) is 0 Å². The molecule has 0 fully saturated rings. The SMILES string of the molecule is O=Cc1[nH]cc(C(=O)NCc2ccc(F)cc2F)c(=O)c1OCc1ccccc1. The molecule has 0 bridgehead atoms. The van der Waals surface area contributed by atoms with Crippen LogP contribution in [0, 0.1) is 11.6 Å². The number of carbonyl (C=O) groups excluding carboxylic acids is 2. The number of rotatable bonds is 7. The van der Waals surface area contributed by atoms with Crippen LogP contribution < -0.4 is 15.5 Å². The van der Waals surface area contributed by atoms with E-state index in [-0.39, 0.29) is 35.7 Å². The maximum absolute atomic E-state index is 13.7. The second kappa shape index (κ2) is 8.92. The van der Waals surface area contributed by atoms with Gasteiger partial charge in [0.15, 0.2) is 12.0 Å².